The summed E-state index contributed by atoms with van der Waals surface area (Å²) in [4.78, 5) is 0. The molecule has 0 radical (unpaired) electrons. The third-order valence-corrected chi connectivity index (χ3v) is 2.51. The molecule has 0 aliphatic heterocycles. The summed E-state index contributed by atoms with van der Waals surface area (Å²) in [6.45, 7) is 0. The Balaban J connectivity index is 2.81. The van der Waals surface area contributed by atoms with Gasteiger partial charge in [-0.15, -0.1) is 0 Å². The van der Waals surface area contributed by atoms with Crippen LogP contribution in [0.15, 0.2) is 0 Å². The molecule has 0 saturated heterocycles. The van der Waals surface area contributed by atoms with Crippen molar-refractivity contribution in [1.29, 1.82) is 0 Å². The highest BCUT2D eigenvalue weighted by atomic mass is 19.2. The van der Waals surface area contributed by atoms with Crippen molar-refractivity contribution >= 4 is 0 Å². The van der Waals surface area contributed by atoms with Crippen molar-refractivity contribution in [2.45, 2.75) is 37.3 Å². The Hall–Kier alpha value is -0.190. The fraction of sp³-hybridized carbons (Fsp3) is 1.00. The Morgan fingerprint density at radius 3 is 2.00 bits per heavy atom. The Labute approximate surface area is 71.5 Å². The molecule has 3 nitrogen and oxygen atoms in total. The van der Waals surface area contributed by atoms with Crippen LogP contribution < -0.4 is 0 Å². The summed E-state index contributed by atoms with van der Waals surface area (Å²) in [5.74, 6) is -3.81. The molecule has 0 aromatic rings. The average molecular weight is 178 g/mol. The molecular formula is C8H15FO3. The van der Waals surface area contributed by atoms with Crippen LogP contribution in [-0.4, -0.2) is 31.0 Å². The summed E-state index contributed by atoms with van der Waals surface area (Å²) in [5.41, 5.74) is 0. The number of ether oxygens (including phenoxy) is 2. The largest absolute Gasteiger partial charge is 0.358 e. The van der Waals surface area contributed by atoms with Gasteiger partial charge in [0.25, 0.3) is 5.85 Å². The van der Waals surface area contributed by atoms with Gasteiger partial charge in [0.15, 0.2) is 0 Å². The number of hydrogen-bond donors (Lipinski definition) is 1. The Kier molecular flexibility index (Phi) is 2.70. The van der Waals surface area contributed by atoms with E-state index < -0.39 is 11.6 Å². The van der Waals surface area contributed by atoms with Crippen LogP contribution in [0.25, 0.3) is 0 Å². The molecule has 0 bridgehead atoms. The molecule has 0 aromatic carbocycles. The van der Waals surface area contributed by atoms with Crippen LogP contribution in [0, 0.1) is 0 Å². The first kappa shape index (κ1) is 9.89. The summed E-state index contributed by atoms with van der Waals surface area (Å²) in [6, 6.07) is 0. The average Bonchev–Trinajstić information content (AvgIpc) is 2.05. The third-order valence-electron chi connectivity index (χ3n) is 2.51. The number of alkyl halides is 1. The fourth-order valence-electron chi connectivity index (χ4n) is 1.70. The van der Waals surface area contributed by atoms with Gasteiger partial charge in [-0.2, -0.15) is 0 Å². The van der Waals surface area contributed by atoms with Gasteiger partial charge in [0.1, 0.15) is 0 Å². The smallest absolute Gasteiger partial charge is 0.261 e. The van der Waals surface area contributed by atoms with Crippen molar-refractivity contribution in [2.75, 3.05) is 14.2 Å². The van der Waals surface area contributed by atoms with E-state index in [0.717, 1.165) is 6.42 Å². The minimum Gasteiger partial charge on any atom is -0.358 e. The first-order valence-electron chi connectivity index (χ1n) is 4.09. The normalized spacial score (nSPS) is 35.0. The van der Waals surface area contributed by atoms with Crippen molar-refractivity contribution in [3.63, 3.8) is 0 Å². The van der Waals surface area contributed by atoms with E-state index in [4.69, 9.17) is 9.47 Å². The van der Waals surface area contributed by atoms with Crippen LogP contribution in [0.4, 0.5) is 4.39 Å². The number of aliphatic hydroxyl groups is 1. The monoisotopic (exact) mass is 178 g/mol. The molecule has 0 spiro atoms. The molecule has 72 valence electrons. The van der Waals surface area contributed by atoms with Crippen LogP contribution in [0.2, 0.25) is 0 Å². The van der Waals surface area contributed by atoms with Gasteiger partial charge in [-0.3, -0.25) is 0 Å². The molecular weight excluding hydrogens is 163 g/mol. The summed E-state index contributed by atoms with van der Waals surface area (Å²) in [6.07, 6.45) is 1.96. The van der Waals surface area contributed by atoms with E-state index in [1.165, 1.54) is 14.2 Å². The molecule has 0 heterocycles. The molecule has 1 aliphatic rings. The number of hydrogen-bond acceptors (Lipinski definition) is 3. The molecule has 1 aliphatic carbocycles. The zero-order chi connectivity index (χ0) is 9.24. The summed E-state index contributed by atoms with van der Waals surface area (Å²) < 4.78 is 23.3. The summed E-state index contributed by atoms with van der Waals surface area (Å²) in [5, 5.41) is 9.37. The summed E-state index contributed by atoms with van der Waals surface area (Å²) in [7, 11) is 2.69. The topological polar surface area (TPSA) is 38.7 Å². The Morgan fingerprint density at radius 1 is 1.17 bits per heavy atom. The zero-order valence-electron chi connectivity index (χ0n) is 7.47. The van der Waals surface area contributed by atoms with Gasteiger partial charge >= 0.3 is 0 Å². The molecule has 0 amide bonds. The van der Waals surface area contributed by atoms with Gasteiger partial charge in [0.05, 0.1) is 0 Å². The maximum Gasteiger partial charge on any atom is 0.261 e. The molecule has 1 unspecified atom stereocenters. The van der Waals surface area contributed by atoms with Crippen LogP contribution in [0.5, 0.6) is 0 Å². The maximum absolute atomic E-state index is 13.5. The highest BCUT2D eigenvalue weighted by Crippen LogP contribution is 2.41. The zero-order valence-corrected chi connectivity index (χ0v) is 7.47. The van der Waals surface area contributed by atoms with E-state index in [9.17, 15) is 9.50 Å². The molecule has 1 fully saturated rings. The van der Waals surface area contributed by atoms with Crippen molar-refractivity contribution in [1.82, 2.24) is 0 Å². The van der Waals surface area contributed by atoms with Crippen LogP contribution in [0.1, 0.15) is 25.7 Å². The van der Waals surface area contributed by atoms with Gasteiger partial charge < -0.3 is 14.6 Å². The second-order valence-electron chi connectivity index (χ2n) is 3.13. The first-order valence-corrected chi connectivity index (χ1v) is 4.09. The van der Waals surface area contributed by atoms with Crippen LogP contribution in [-0.2, 0) is 9.47 Å². The molecule has 1 N–H and O–H groups in total. The number of rotatable bonds is 2. The third kappa shape index (κ3) is 1.34. The van der Waals surface area contributed by atoms with Crippen LogP contribution in [0.3, 0.4) is 0 Å². The lowest BCUT2D eigenvalue weighted by Crippen LogP contribution is -2.55. The van der Waals surface area contributed by atoms with Crippen molar-refractivity contribution in [2.24, 2.45) is 0 Å². The maximum atomic E-state index is 13.5. The standard InChI is InChI=1S/C8H15FO3/c1-11-8(12-2)6-4-3-5-7(8,9)10/h10H,3-6H2,1-2H3. The fourth-order valence-corrected chi connectivity index (χ4v) is 1.70. The van der Waals surface area contributed by atoms with Crippen LogP contribution >= 0.6 is 0 Å². The second-order valence-corrected chi connectivity index (χ2v) is 3.13. The van der Waals surface area contributed by atoms with Gasteiger partial charge in [0, 0.05) is 27.1 Å². The molecule has 1 atom stereocenters. The van der Waals surface area contributed by atoms with E-state index in [1.54, 1.807) is 0 Å². The van der Waals surface area contributed by atoms with Gasteiger partial charge in [-0.25, -0.2) is 4.39 Å². The lowest BCUT2D eigenvalue weighted by molar-refractivity contribution is -0.359. The quantitative estimate of drug-likeness (QED) is 0.646. The Bertz CT molecular complexity index is 154. The molecule has 1 saturated carbocycles. The highest BCUT2D eigenvalue weighted by Gasteiger charge is 2.54. The molecule has 1 rings (SSSR count). The predicted octanol–water partition coefficient (Wildman–Crippen LogP) is 1.21. The molecule has 12 heavy (non-hydrogen) atoms. The van der Waals surface area contributed by atoms with Crippen molar-refractivity contribution in [3.05, 3.63) is 0 Å². The van der Waals surface area contributed by atoms with E-state index in [0.29, 0.717) is 12.8 Å². The van der Waals surface area contributed by atoms with E-state index in [2.05, 4.69) is 0 Å². The number of halogens is 1. The van der Waals surface area contributed by atoms with Gasteiger partial charge in [-0.1, -0.05) is 0 Å². The number of methoxy groups -OCH3 is 2. The first-order chi connectivity index (χ1) is 5.58. The minimum absolute atomic E-state index is 0.0781. The lowest BCUT2D eigenvalue weighted by Gasteiger charge is -2.42. The SMILES string of the molecule is COC1(OC)CCCCC1(O)F. The minimum atomic E-state index is -2.35. The molecule has 4 heteroatoms. The lowest BCUT2D eigenvalue weighted by atomic mass is 9.89. The highest BCUT2D eigenvalue weighted by molar-refractivity contribution is 4.89. The van der Waals surface area contributed by atoms with Gasteiger partial charge in [-0.05, 0) is 12.8 Å². The van der Waals surface area contributed by atoms with E-state index in [-0.39, 0.29) is 6.42 Å². The molecule has 0 aromatic heterocycles. The van der Waals surface area contributed by atoms with E-state index >= 15 is 0 Å². The van der Waals surface area contributed by atoms with Crippen molar-refractivity contribution in [3.8, 4) is 0 Å². The predicted molar refractivity (Wildman–Crippen MR) is 41.3 cm³/mol. The second kappa shape index (κ2) is 3.28. The Morgan fingerprint density at radius 2 is 1.67 bits per heavy atom. The van der Waals surface area contributed by atoms with Gasteiger partial charge in [0.2, 0.25) is 5.79 Å². The van der Waals surface area contributed by atoms with E-state index in [1.807, 2.05) is 0 Å². The summed E-state index contributed by atoms with van der Waals surface area (Å²) >= 11 is 0. The van der Waals surface area contributed by atoms with Crippen molar-refractivity contribution < 1.29 is 19.0 Å².